The Balaban J connectivity index is 1.69. The third-order valence-electron chi connectivity index (χ3n) is 5.96. The SMILES string of the molecule is Cc1ccc(S(=O)(=O)Nc2ccc(-c3ccc(NS(=O)(=O)c4ccc(C)cc4)c(C(=O)[O-])c3)cc2C(=O)[O-])cc1. The van der Waals surface area contributed by atoms with E-state index < -0.39 is 43.1 Å². The third kappa shape index (κ3) is 6.14. The lowest BCUT2D eigenvalue weighted by Crippen LogP contribution is -2.25. The number of carboxylic acids is 2. The predicted molar refractivity (Wildman–Crippen MR) is 145 cm³/mol. The fraction of sp³-hybridized carbons (Fsp3) is 0.0714. The summed E-state index contributed by atoms with van der Waals surface area (Å²) in [5.74, 6) is -3.35. The zero-order valence-corrected chi connectivity index (χ0v) is 22.8. The lowest BCUT2D eigenvalue weighted by atomic mass is 9.99. The quantitative estimate of drug-likeness (QED) is 0.304. The van der Waals surface area contributed by atoms with Crippen LogP contribution in [0.1, 0.15) is 31.8 Å². The van der Waals surface area contributed by atoms with Crippen LogP contribution in [0.4, 0.5) is 11.4 Å². The standard InChI is InChI=1S/C28H24N2O8S2/c1-17-3-9-21(10-4-17)39(35,36)29-25-13-7-19(15-23(25)27(31)32)20-8-14-26(24(16-20)28(33)34)30-40(37,38)22-11-5-18(2)6-12-22/h3-16,29-30H,1-2H3,(H,31,32)(H,33,34)/p-2. The number of anilines is 2. The predicted octanol–water partition coefficient (Wildman–Crippen LogP) is 2.30. The maximum Gasteiger partial charge on any atom is 0.261 e. The number of carbonyl (C=O) groups excluding carboxylic acids is 2. The van der Waals surface area contributed by atoms with Crippen molar-refractivity contribution in [1.29, 1.82) is 0 Å². The molecule has 0 aromatic heterocycles. The molecule has 0 aliphatic rings. The van der Waals surface area contributed by atoms with Crippen LogP contribution in [0.15, 0.2) is 94.7 Å². The highest BCUT2D eigenvalue weighted by molar-refractivity contribution is 7.93. The summed E-state index contributed by atoms with van der Waals surface area (Å²) in [6, 6.07) is 19.3. The van der Waals surface area contributed by atoms with Crippen LogP contribution in [-0.4, -0.2) is 28.8 Å². The molecule has 0 saturated carbocycles. The molecule has 4 aromatic carbocycles. The maximum atomic E-state index is 12.8. The van der Waals surface area contributed by atoms with Crippen LogP contribution in [0.3, 0.4) is 0 Å². The molecule has 0 bridgehead atoms. The molecule has 4 rings (SSSR count). The first-order chi connectivity index (χ1) is 18.8. The average Bonchev–Trinajstić information content (AvgIpc) is 2.89. The van der Waals surface area contributed by atoms with Crippen LogP contribution < -0.4 is 19.7 Å². The van der Waals surface area contributed by atoms with Gasteiger partial charge in [0.15, 0.2) is 0 Å². The van der Waals surface area contributed by atoms with Gasteiger partial charge in [-0.1, -0.05) is 47.5 Å². The van der Waals surface area contributed by atoms with E-state index in [1.807, 2.05) is 0 Å². The minimum absolute atomic E-state index is 0.0752. The van der Waals surface area contributed by atoms with Crippen molar-refractivity contribution in [3.05, 3.63) is 107 Å². The molecule has 0 unspecified atom stereocenters. The van der Waals surface area contributed by atoms with Gasteiger partial charge in [0.1, 0.15) is 0 Å². The van der Waals surface area contributed by atoms with Gasteiger partial charge < -0.3 is 19.8 Å². The van der Waals surface area contributed by atoms with Crippen LogP contribution in [-0.2, 0) is 20.0 Å². The van der Waals surface area contributed by atoms with Gasteiger partial charge in [0, 0.05) is 11.1 Å². The van der Waals surface area contributed by atoms with Gasteiger partial charge in [0.2, 0.25) is 0 Å². The Morgan fingerprint density at radius 2 is 0.875 bits per heavy atom. The first-order valence-corrected chi connectivity index (χ1v) is 14.6. The van der Waals surface area contributed by atoms with Crippen LogP contribution in [0.25, 0.3) is 11.1 Å². The van der Waals surface area contributed by atoms with Crippen molar-refractivity contribution in [1.82, 2.24) is 0 Å². The van der Waals surface area contributed by atoms with Crippen LogP contribution in [0, 0.1) is 13.8 Å². The Morgan fingerprint density at radius 1 is 0.550 bits per heavy atom. The second kappa shape index (κ2) is 10.8. The van der Waals surface area contributed by atoms with E-state index in [1.54, 1.807) is 38.1 Å². The molecule has 10 nitrogen and oxygen atoms in total. The second-order valence-electron chi connectivity index (χ2n) is 8.93. The summed E-state index contributed by atoms with van der Waals surface area (Å²) in [5.41, 5.74) is 0.576. The molecule has 4 aromatic rings. The topological polar surface area (TPSA) is 173 Å². The number of rotatable bonds is 9. The molecule has 0 fully saturated rings. The van der Waals surface area contributed by atoms with E-state index in [-0.39, 0.29) is 32.3 Å². The smallest absolute Gasteiger partial charge is 0.261 e. The number of carbonyl (C=O) groups is 2. The lowest BCUT2D eigenvalue weighted by Gasteiger charge is -2.17. The van der Waals surface area contributed by atoms with Gasteiger partial charge in [-0.25, -0.2) is 16.8 Å². The summed E-state index contributed by atoms with van der Waals surface area (Å²) < 4.78 is 55.6. The molecule has 0 spiro atoms. The Kier molecular flexibility index (Phi) is 7.67. The normalized spacial score (nSPS) is 11.6. The Labute approximate surface area is 231 Å². The molecule has 2 N–H and O–H groups in total. The molecule has 0 amide bonds. The van der Waals surface area contributed by atoms with Crippen molar-refractivity contribution in [2.45, 2.75) is 23.6 Å². The zero-order valence-electron chi connectivity index (χ0n) is 21.2. The summed E-state index contributed by atoms with van der Waals surface area (Å²) in [6.45, 7) is 3.57. The van der Waals surface area contributed by atoms with Gasteiger partial charge in [-0.05, 0) is 73.5 Å². The average molecular weight is 579 g/mol. The van der Waals surface area contributed by atoms with Gasteiger partial charge in [-0.3, -0.25) is 9.44 Å². The number of aromatic carboxylic acids is 2. The van der Waals surface area contributed by atoms with Crippen molar-refractivity contribution >= 4 is 43.4 Å². The Bertz CT molecular complexity index is 1700. The maximum absolute atomic E-state index is 12.8. The number of aryl methyl sites for hydroxylation is 2. The molecule has 206 valence electrons. The number of hydrogen-bond acceptors (Lipinski definition) is 8. The van der Waals surface area contributed by atoms with Gasteiger partial charge in [0.25, 0.3) is 20.0 Å². The van der Waals surface area contributed by atoms with E-state index in [0.29, 0.717) is 0 Å². The first-order valence-electron chi connectivity index (χ1n) is 11.7. The van der Waals surface area contributed by atoms with Crippen molar-refractivity contribution in [2.24, 2.45) is 0 Å². The number of sulfonamides is 2. The molecule has 0 saturated heterocycles. The summed E-state index contributed by atoms with van der Waals surface area (Å²) in [5, 5.41) is 23.8. The van der Waals surface area contributed by atoms with Crippen LogP contribution >= 0.6 is 0 Å². The molecule has 0 aliphatic carbocycles. The molecule has 0 atom stereocenters. The van der Waals surface area contributed by atoms with E-state index in [9.17, 15) is 36.6 Å². The van der Waals surface area contributed by atoms with E-state index in [4.69, 9.17) is 0 Å². The van der Waals surface area contributed by atoms with Gasteiger partial charge >= 0.3 is 0 Å². The van der Waals surface area contributed by atoms with E-state index in [0.717, 1.165) is 23.3 Å². The molecular weight excluding hydrogens is 556 g/mol. The second-order valence-corrected chi connectivity index (χ2v) is 12.3. The van der Waals surface area contributed by atoms with Gasteiger partial charge in [-0.15, -0.1) is 0 Å². The number of carboxylic acid groups (broad SMARTS) is 2. The van der Waals surface area contributed by atoms with Crippen molar-refractivity contribution in [3.8, 4) is 11.1 Å². The first kappa shape index (κ1) is 28.3. The lowest BCUT2D eigenvalue weighted by molar-refractivity contribution is -0.256. The fourth-order valence-electron chi connectivity index (χ4n) is 3.81. The molecular formula is C28H22N2O8S2-2. The molecule has 0 radical (unpaired) electrons. The highest BCUT2D eigenvalue weighted by atomic mass is 32.2. The van der Waals surface area contributed by atoms with Crippen LogP contribution in [0.2, 0.25) is 0 Å². The molecule has 12 heteroatoms. The highest BCUT2D eigenvalue weighted by Gasteiger charge is 2.19. The molecule has 40 heavy (non-hydrogen) atoms. The third-order valence-corrected chi connectivity index (χ3v) is 8.73. The minimum Gasteiger partial charge on any atom is -0.545 e. The summed E-state index contributed by atoms with van der Waals surface area (Å²) in [7, 11) is -8.24. The number of hydrogen-bond donors (Lipinski definition) is 2. The summed E-state index contributed by atoms with van der Waals surface area (Å²) in [6.07, 6.45) is 0. The highest BCUT2D eigenvalue weighted by Crippen LogP contribution is 2.30. The number of nitrogens with one attached hydrogen (secondary N) is 2. The van der Waals surface area contributed by atoms with Crippen molar-refractivity contribution in [2.75, 3.05) is 9.44 Å². The van der Waals surface area contributed by atoms with E-state index >= 15 is 0 Å². The fourth-order valence-corrected chi connectivity index (χ4v) is 5.97. The van der Waals surface area contributed by atoms with Gasteiger partial charge in [-0.2, -0.15) is 0 Å². The van der Waals surface area contributed by atoms with Gasteiger partial charge in [0.05, 0.1) is 33.1 Å². The summed E-state index contributed by atoms with van der Waals surface area (Å²) in [4.78, 5) is 23.6. The van der Waals surface area contributed by atoms with E-state index in [1.165, 1.54) is 48.5 Å². The van der Waals surface area contributed by atoms with Crippen molar-refractivity contribution in [3.63, 3.8) is 0 Å². The molecule has 0 heterocycles. The van der Waals surface area contributed by atoms with Crippen LogP contribution in [0.5, 0.6) is 0 Å². The summed E-state index contributed by atoms with van der Waals surface area (Å²) >= 11 is 0. The zero-order chi connectivity index (χ0) is 29.2. The molecule has 0 aliphatic heterocycles. The van der Waals surface area contributed by atoms with Crippen molar-refractivity contribution < 1.29 is 36.6 Å². The largest absolute Gasteiger partial charge is 0.545 e. The Hall–Kier alpha value is -4.68. The minimum atomic E-state index is -4.12. The number of benzene rings is 4. The monoisotopic (exact) mass is 578 g/mol. The van der Waals surface area contributed by atoms with E-state index in [2.05, 4.69) is 9.44 Å². The Morgan fingerprint density at radius 3 is 1.18 bits per heavy atom.